The number of aliphatic hydroxyl groups is 3. The minimum Gasteiger partial charge on any atom is -0.387 e. The van der Waals surface area contributed by atoms with Gasteiger partial charge in [-0.25, -0.2) is 0 Å². The molecule has 4 nitrogen and oxygen atoms in total. The van der Waals surface area contributed by atoms with Crippen LogP contribution in [0, 0.1) is 11.3 Å². The van der Waals surface area contributed by atoms with Crippen LogP contribution < -0.4 is 0 Å². The number of hydrogen-bond donors (Lipinski definition) is 3. The van der Waals surface area contributed by atoms with Crippen molar-refractivity contribution in [2.24, 2.45) is 11.3 Å². The van der Waals surface area contributed by atoms with E-state index < -0.39 is 29.5 Å². The molecule has 2 fully saturated rings. The highest BCUT2D eigenvalue weighted by Crippen LogP contribution is 2.57. The first-order valence-electron chi connectivity index (χ1n) is 6.83. The first-order valence-corrected chi connectivity index (χ1v) is 6.83. The Bertz CT molecular complexity index is 335. The van der Waals surface area contributed by atoms with Gasteiger partial charge in [0.2, 0.25) is 0 Å². The molecule has 2 aliphatic heterocycles. The first kappa shape index (κ1) is 14.3. The zero-order chi connectivity index (χ0) is 13.9. The second-order valence-corrected chi connectivity index (χ2v) is 7.23. The molecule has 5 atom stereocenters. The maximum atomic E-state index is 10.4. The molecule has 2 aliphatic rings. The molecule has 4 heteroatoms. The second kappa shape index (κ2) is 3.92. The SMILES string of the molecule is CC(C)C12CCC(C(C)(C)C)(O1)C(O)C(O)C2O. The summed E-state index contributed by atoms with van der Waals surface area (Å²) in [5.74, 6) is 0.0962. The van der Waals surface area contributed by atoms with Gasteiger partial charge in [-0.2, -0.15) is 0 Å². The smallest absolute Gasteiger partial charge is 0.112 e. The Kier molecular flexibility index (Phi) is 3.10. The maximum absolute atomic E-state index is 10.4. The van der Waals surface area contributed by atoms with E-state index >= 15 is 0 Å². The van der Waals surface area contributed by atoms with Crippen molar-refractivity contribution in [3.05, 3.63) is 0 Å². The first-order chi connectivity index (χ1) is 8.08. The zero-order valence-corrected chi connectivity index (χ0v) is 12.0. The Balaban J connectivity index is 2.49. The van der Waals surface area contributed by atoms with Gasteiger partial charge in [-0.05, 0) is 24.2 Å². The number of fused-ring (bicyclic) bond motifs is 2. The van der Waals surface area contributed by atoms with E-state index in [-0.39, 0.29) is 11.3 Å². The van der Waals surface area contributed by atoms with Crippen molar-refractivity contribution in [3.8, 4) is 0 Å². The third kappa shape index (κ3) is 1.52. The van der Waals surface area contributed by atoms with Crippen molar-refractivity contribution in [2.75, 3.05) is 0 Å². The Labute approximate surface area is 109 Å². The van der Waals surface area contributed by atoms with E-state index in [4.69, 9.17) is 4.74 Å². The molecule has 0 amide bonds. The van der Waals surface area contributed by atoms with Crippen molar-refractivity contribution in [1.29, 1.82) is 0 Å². The standard InChI is InChI=1S/C14H26O4/c1-8(2)13-6-7-14(18-13,12(3,4)5)11(17)9(15)10(13)16/h8-11,15-17H,6-7H2,1-5H3. The van der Waals surface area contributed by atoms with Crippen LogP contribution in [0.4, 0.5) is 0 Å². The van der Waals surface area contributed by atoms with Crippen LogP contribution in [0.15, 0.2) is 0 Å². The van der Waals surface area contributed by atoms with Gasteiger partial charge in [-0.1, -0.05) is 34.6 Å². The lowest BCUT2D eigenvalue weighted by Gasteiger charge is -2.55. The quantitative estimate of drug-likeness (QED) is 0.658. The predicted octanol–water partition coefficient (Wildman–Crippen LogP) is 1.07. The summed E-state index contributed by atoms with van der Waals surface area (Å²) in [6.45, 7) is 10.0. The number of ether oxygens (including phenoxy) is 1. The highest BCUT2D eigenvalue weighted by atomic mass is 16.6. The topological polar surface area (TPSA) is 69.9 Å². The Morgan fingerprint density at radius 2 is 1.61 bits per heavy atom. The van der Waals surface area contributed by atoms with Gasteiger partial charge >= 0.3 is 0 Å². The van der Waals surface area contributed by atoms with Crippen molar-refractivity contribution < 1.29 is 20.1 Å². The molecule has 2 heterocycles. The molecular weight excluding hydrogens is 232 g/mol. The average Bonchev–Trinajstić information content (AvgIpc) is 2.64. The molecule has 0 aromatic heterocycles. The van der Waals surface area contributed by atoms with Gasteiger partial charge in [0, 0.05) is 0 Å². The van der Waals surface area contributed by atoms with E-state index in [1.807, 2.05) is 34.6 Å². The van der Waals surface area contributed by atoms with Gasteiger partial charge in [0.1, 0.15) is 23.9 Å². The largest absolute Gasteiger partial charge is 0.387 e. The van der Waals surface area contributed by atoms with Crippen molar-refractivity contribution in [1.82, 2.24) is 0 Å². The third-order valence-corrected chi connectivity index (χ3v) is 5.13. The van der Waals surface area contributed by atoms with E-state index in [1.165, 1.54) is 0 Å². The van der Waals surface area contributed by atoms with Gasteiger partial charge in [0.15, 0.2) is 0 Å². The molecular formula is C14H26O4. The van der Waals surface area contributed by atoms with Crippen LogP contribution in [0.2, 0.25) is 0 Å². The van der Waals surface area contributed by atoms with E-state index in [2.05, 4.69) is 0 Å². The van der Waals surface area contributed by atoms with Crippen LogP contribution in [0.3, 0.4) is 0 Å². The minimum absolute atomic E-state index is 0.0962. The van der Waals surface area contributed by atoms with Crippen molar-refractivity contribution >= 4 is 0 Å². The monoisotopic (exact) mass is 258 g/mol. The molecule has 0 saturated carbocycles. The summed E-state index contributed by atoms with van der Waals surface area (Å²) in [6, 6.07) is 0. The van der Waals surface area contributed by atoms with Gasteiger partial charge in [-0.3, -0.25) is 0 Å². The normalized spacial score (nSPS) is 48.8. The molecule has 0 radical (unpaired) electrons. The fourth-order valence-electron chi connectivity index (χ4n) is 3.70. The summed E-state index contributed by atoms with van der Waals surface area (Å²) in [7, 11) is 0. The Morgan fingerprint density at radius 3 is 2.06 bits per heavy atom. The van der Waals surface area contributed by atoms with Gasteiger partial charge in [-0.15, -0.1) is 0 Å². The van der Waals surface area contributed by atoms with Crippen LogP contribution >= 0.6 is 0 Å². The van der Waals surface area contributed by atoms with Gasteiger partial charge in [0.05, 0.1) is 5.60 Å². The lowest BCUT2D eigenvalue weighted by molar-refractivity contribution is -0.312. The highest BCUT2D eigenvalue weighted by Gasteiger charge is 2.68. The van der Waals surface area contributed by atoms with Gasteiger partial charge < -0.3 is 20.1 Å². The molecule has 18 heavy (non-hydrogen) atoms. The molecule has 0 spiro atoms. The van der Waals surface area contributed by atoms with Crippen LogP contribution in [-0.2, 0) is 4.74 Å². The molecule has 5 unspecified atom stereocenters. The molecule has 2 saturated heterocycles. The van der Waals surface area contributed by atoms with Crippen LogP contribution in [0.1, 0.15) is 47.5 Å². The lowest BCUT2D eigenvalue weighted by atomic mass is 9.69. The fraction of sp³-hybridized carbons (Fsp3) is 1.00. The van der Waals surface area contributed by atoms with Crippen molar-refractivity contribution in [3.63, 3.8) is 0 Å². The summed E-state index contributed by atoms with van der Waals surface area (Å²) >= 11 is 0. The summed E-state index contributed by atoms with van der Waals surface area (Å²) in [6.07, 6.45) is -1.85. The highest BCUT2D eigenvalue weighted by molar-refractivity contribution is 5.17. The average molecular weight is 258 g/mol. The molecule has 0 aliphatic carbocycles. The number of aliphatic hydroxyl groups excluding tert-OH is 3. The summed E-state index contributed by atoms with van der Waals surface area (Å²) in [5, 5.41) is 30.9. The molecule has 3 N–H and O–H groups in total. The molecule has 106 valence electrons. The number of hydrogen-bond acceptors (Lipinski definition) is 4. The summed E-state index contributed by atoms with van der Waals surface area (Å²) in [4.78, 5) is 0. The summed E-state index contributed by atoms with van der Waals surface area (Å²) < 4.78 is 6.23. The summed E-state index contributed by atoms with van der Waals surface area (Å²) in [5.41, 5.74) is -1.79. The van der Waals surface area contributed by atoms with E-state index in [1.54, 1.807) is 0 Å². The van der Waals surface area contributed by atoms with E-state index in [0.717, 1.165) is 0 Å². The molecule has 2 bridgehead atoms. The van der Waals surface area contributed by atoms with Crippen LogP contribution in [0.25, 0.3) is 0 Å². The van der Waals surface area contributed by atoms with Gasteiger partial charge in [0.25, 0.3) is 0 Å². The van der Waals surface area contributed by atoms with E-state index in [9.17, 15) is 15.3 Å². The Morgan fingerprint density at radius 1 is 1.06 bits per heavy atom. The fourth-order valence-corrected chi connectivity index (χ4v) is 3.70. The minimum atomic E-state index is -1.14. The van der Waals surface area contributed by atoms with Crippen LogP contribution in [0.5, 0.6) is 0 Å². The molecule has 0 aromatic rings. The second-order valence-electron chi connectivity index (χ2n) is 7.23. The Hall–Kier alpha value is -0.160. The number of rotatable bonds is 1. The maximum Gasteiger partial charge on any atom is 0.112 e. The van der Waals surface area contributed by atoms with E-state index in [0.29, 0.717) is 12.8 Å². The zero-order valence-electron chi connectivity index (χ0n) is 12.0. The molecule has 2 rings (SSSR count). The van der Waals surface area contributed by atoms with Crippen molar-refractivity contribution in [2.45, 2.75) is 77.0 Å². The molecule has 0 aromatic carbocycles. The predicted molar refractivity (Wildman–Crippen MR) is 68.1 cm³/mol. The third-order valence-electron chi connectivity index (χ3n) is 5.13. The van der Waals surface area contributed by atoms with Crippen LogP contribution in [-0.4, -0.2) is 44.8 Å². The lowest BCUT2D eigenvalue weighted by Crippen LogP contribution is -2.69.